The second-order valence-electron chi connectivity index (χ2n) is 4.52. The van der Waals surface area contributed by atoms with Crippen molar-refractivity contribution in [3.05, 3.63) is 48.5 Å². The molecule has 1 saturated heterocycles. The van der Waals surface area contributed by atoms with E-state index in [1.807, 2.05) is 26.0 Å². The van der Waals surface area contributed by atoms with Crippen molar-refractivity contribution in [2.75, 3.05) is 31.2 Å². The Morgan fingerprint density at radius 3 is 2.14 bits per heavy atom. The van der Waals surface area contributed by atoms with Crippen LogP contribution < -0.4 is 4.90 Å². The maximum atomic E-state index is 12.8. The first-order valence-corrected chi connectivity index (χ1v) is 7.37. The molecular weight excluding hydrogens is 267 g/mol. The van der Waals surface area contributed by atoms with Crippen LogP contribution in [0.3, 0.4) is 0 Å². The van der Waals surface area contributed by atoms with E-state index in [4.69, 9.17) is 4.74 Å². The van der Waals surface area contributed by atoms with Gasteiger partial charge in [-0.3, -0.25) is 0 Å². The maximum absolute atomic E-state index is 12.8. The Morgan fingerprint density at radius 1 is 0.952 bits per heavy atom. The summed E-state index contributed by atoms with van der Waals surface area (Å²) in [6, 6.07) is 11.4. The molecule has 1 aliphatic heterocycles. The van der Waals surface area contributed by atoms with Gasteiger partial charge in [-0.1, -0.05) is 26.0 Å². The molecule has 21 heavy (non-hydrogen) atoms. The van der Waals surface area contributed by atoms with E-state index in [0.29, 0.717) is 0 Å². The molecule has 1 aliphatic rings. The number of halogens is 1. The van der Waals surface area contributed by atoms with Gasteiger partial charge in [0.05, 0.1) is 13.2 Å². The van der Waals surface area contributed by atoms with E-state index in [-0.39, 0.29) is 0 Å². The van der Waals surface area contributed by atoms with Crippen LogP contribution in [0.1, 0.15) is 13.8 Å². The first-order chi connectivity index (χ1) is 10.3. The van der Waals surface area contributed by atoms with E-state index in [9.17, 15) is 4.39 Å². The van der Waals surface area contributed by atoms with Crippen molar-refractivity contribution in [3.8, 4) is 11.1 Å². The third kappa shape index (κ3) is 4.02. The normalized spacial score (nSPS) is 14.3. The van der Waals surface area contributed by atoms with E-state index in [0.717, 1.165) is 37.4 Å². The van der Waals surface area contributed by atoms with Gasteiger partial charge >= 0.3 is 0 Å². The van der Waals surface area contributed by atoms with Gasteiger partial charge in [-0.05, 0) is 29.8 Å². The molecule has 0 atom stereocenters. The molecule has 0 amide bonds. The van der Waals surface area contributed by atoms with Crippen molar-refractivity contribution >= 4 is 5.69 Å². The van der Waals surface area contributed by atoms with Gasteiger partial charge in [-0.15, -0.1) is 0 Å². The van der Waals surface area contributed by atoms with Crippen LogP contribution in [-0.2, 0) is 4.74 Å². The van der Waals surface area contributed by atoms with Crippen LogP contribution in [0.5, 0.6) is 0 Å². The minimum atomic E-state index is -0.450. The summed E-state index contributed by atoms with van der Waals surface area (Å²) in [6.07, 6.45) is 1.55. The monoisotopic (exact) mass is 288 g/mol. The Morgan fingerprint density at radius 2 is 1.57 bits per heavy atom. The lowest BCUT2D eigenvalue weighted by Gasteiger charge is -2.28. The summed E-state index contributed by atoms with van der Waals surface area (Å²) in [7, 11) is 0. The van der Waals surface area contributed by atoms with Crippen molar-refractivity contribution in [3.63, 3.8) is 0 Å². The summed E-state index contributed by atoms with van der Waals surface area (Å²) in [5, 5.41) is 0. The highest BCUT2D eigenvalue weighted by atomic mass is 19.1. The van der Waals surface area contributed by atoms with E-state index in [1.165, 1.54) is 11.8 Å². The van der Waals surface area contributed by atoms with Gasteiger partial charge in [-0.2, -0.15) is 4.39 Å². The summed E-state index contributed by atoms with van der Waals surface area (Å²) in [6.45, 7) is 7.42. The first-order valence-electron chi connectivity index (χ1n) is 7.37. The van der Waals surface area contributed by atoms with Crippen molar-refractivity contribution in [1.29, 1.82) is 0 Å². The number of aromatic nitrogens is 1. The van der Waals surface area contributed by atoms with Gasteiger partial charge in [0.1, 0.15) is 0 Å². The van der Waals surface area contributed by atoms with Crippen LogP contribution in [0.4, 0.5) is 10.1 Å². The molecule has 0 unspecified atom stereocenters. The SMILES string of the molecule is CC.Fc1ccc(-c2ccc(N3CCOCC3)cc2)cn1. The molecule has 0 aliphatic carbocycles. The van der Waals surface area contributed by atoms with Crippen LogP contribution in [-0.4, -0.2) is 31.3 Å². The van der Waals surface area contributed by atoms with E-state index >= 15 is 0 Å². The molecule has 0 spiro atoms. The van der Waals surface area contributed by atoms with Gasteiger partial charge in [0.15, 0.2) is 0 Å². The molecule has 1 aromatic carbocycles. The molecular formula is C17H21FN2O. The van der Waals surface area contributed by atoms with Crippen LogP contribution in [0.25, 0.3) is 11.1 Å². The summed E-state index contributed by atoms with van der Waals surface area (Å²) in [5.74, 6) is -0.450. The summed E-state index contributed by atoms with van der Waals surface area (Å²) >= 11 is 0. The lowest BCUT2D eigenvalue weighted by molar-refractivity contribution is 0.122. The molecule has 4 heteroatoms. The predicted octanol–water partition coefficient (Wildman–Crippen LogP) is 3.75. The molecule has 0 saturated carbocycles. The number of hydrogen-bond donors (Lipinski definition) is 0. The van der Waals surface area contributed by atoms with Gasteiger partial charge in [0, 0.05) is 30.5 Å². The first kappa shape index (κ1) is 15.4. The Balaban J connectivity index is 0.000000774. The Kier molecular flexibility index (Phi) is 5.69. The summed E-state index contributed by atoms with van der Waals surface area (Å²) < 4.78 is 18.1. The number of morpholine rings is 1. The Labute approximate surface area is 125 Å². The topological polar surface area (TPSA) is 25.4 Å². The molecule has 2 heterocycles. The number of hydrogen-bond acceptors (Lipinski definition) is 3. The lowest BCUT2D eigenvalue weighted by atomic mass is 10.1. The highest BCUT2D eigenvalue weighted by molar-refractivity contribution is 5.65. The Hall–Kier alpha value is -1.94. The summed E-state index contributed by atoms with van der Waals surface area (Å²) in [5.41, 5.74) is 3.17. The van der Waals surface area contributed by atoms with Gasteiger partial charge in [0.25, 0.3) is 0 Å². The standard InChI is InChI=1S/C15H15FN2O.C2H6/c16-15-6-3-13(11-17-15)12-1-4-14(5-2-12)18-7-9-19-10-8-18;1-2/h1-6,11H,7-10H2;1-2H3. The zero-order valence-electron chi connectivity index (χ0n) is 12.6. The number of anilines is 1. The number of ether oxygens (including phenoxy) is 1. The third-order valence-corrected chi connectivity index (χ3v) is 3.30. The lowest BCUT2D eigenvalue weighted by Crippen LogP contribution is -2.36. The second-order valence-corrected chi connectivity index (χ2v) is 4.52. The number of benzene rings is 1. The third-order valence-electron chi connectivity index (χ3n) is 3.30. The average molecular weight is 288 g/mol. The molecule has 1 fully saturated rings. The highest BCUT2D eigenvalue weighted by Gasteiger charge is 2.10. The van der Waals surface area contributed by atoms with E-state index < -0.39 is 5.95 Å². The van der Waals surface area contributed by atoms with Gasteiger partial charge < -0.3 is 9.64 Å². The van der Waals surface area contributed by atoms with Crippen molar-refractivity contribution < 1.29 is 9.13 Å². The molecule has 3 rings (SSSR count). The number of pyridine rings is 1. The van der Waals surface area contributed by atoms with Gasteiger partial charge in [-0.25, -0.2) is 4.98 Å². The largest absolute Gasteiger partial charge is 0.378 e. The van der Waals surface area contributed by atoms with Crippen molar-refractivity contribution in [2.24, 2.45) is 0 Å². The summed E-state index contributed by atoms with van der Waals surface area (Å²) in [4.78, 5) is 5.98. The predicted molar refractivity (Wildman–Crippen MR) is 84.0 cm³/mol. The molecule has 3 nitrogen and oxygen atoms in total. The fraction of sp³-hybridized carbons (Fsp3) is 0.353. The average Bonchev–Trinajstić information content (AvgIpc) is 2.58. The molecule has 0 bridgehead atoms. The van der Waals surface area contributed by atoms with Crippen LogP contribution in [0.2, 0.25) is 0 Å². The molecule has 2 aromatic rings. The fourth-order valence-corrected chi connectivity index (χ4v) is 2.23. The van der Waals surface area contributed by atoms with Crippen molar-refractivity contribution in [2.45, 2.75) is 13.8 Å². The Bertz CT molecular complexity index is 534. The minimum absolute atomic E-state index is 0.450. The van der Waals surface area contributed by atoms with Crippen molar-refractivity contribution in [1.82, 2.24) is 4.98 Å². The van der Waals surface area contributed by atoms with Crippen LogP contribution >= 0.6 is 0 Å². The smallest absolute Gasteiger partial charge is 0.212 e. The molecule has 1 aromatic heterocycles. The van der Waals surface area contributed by atoms with E-state index in [2.05, 4.69) is 22.0 Å². The molecule has 0 N–H and O–H groups in total. The second kappa shape index (κ2) is 7.74. The minimum Gasteiger partial charge on any atom is -0.378 e. The number of rotatable bonds is 2. The maximum Gasteiger partial charge on any atom is 0.212 e. The van der Waals surface area contributed by atoms with Crippen LogP contribution in [0.15, 0.2) is 42.6 Å². The highest BCUT2D eigenvalue weighted by Crippen LogP contribution is 2.23. The number of nitrogens with zero attached hydrogens (tertiary/aromatic N) is 2. The quantitative estimate of drug-likeness (QED) is 0.787. The van der Waals surface area contributed by atoms with Crippen LogP contribution in [0, 0.1) is 5.95 Å². The zero-order valence-corrected chi connectivity index (χ0v) is 12.6. The van der Waals surface area contributed by atoms with Gasteiger partial charge in [0.2, 0.25) is 5.95 Å². The molecule has 112 valence electrons. The van der Waals surface area contributed by atoms with E-state index in [1.54, 1.807) is 12.3 Å². The fourth-order valence-electron chi connectivity index (χ4n) is 2.23. The zero-order chi connectivity index (χ0) is 15.1. The molecule has 0 radical (unpaired) electrons.